The number of ether oxygens (including phenoxy) is 1. The van der Waals surface area contributed by atoms with E-state index in [0.717, 1.165) is 17.7 Å². The summed E-state index contributed by atoms with van der Waals surface area (Å²) in [6.45, 7) is 1.91. The average molecular weight is 354 g/mol. The number of hydrogen-bond acceptors (Lipinski definition) is 3. The van der Waals surface area contributed by atoms with E-state index in [4.69, 9.17) is 0 Å². The van der Waals surface area contributed by atoms with Crippen LogP contribution in [0.3, 0.4) is 0 Å². The topological polar surface area (TPSA) is 70.6 Å². The van der Waals surface area contributed by atoms with Gasteiger partial charge in [0.25, 0.3) is 0 Å². The number of alkyl halides is 3. The second kappa shape index (κ2) is 7.89. The number of aryl methyl sites for hydroxylation is 1. The van der Waals surface area contributed by atoms with Crippen molar-refractivity contribution in [3.8, 4) is 5.75 Å². The molecule has 25 heavy (non-hydrogen) atoms. The van der Waals surface area contributed by atoms with Crippen molar-refractivity contribution in [2.75, 3.05) is 11.9 Å². The number of carbonyl (C=O) groups is 1. The van der Waals surface area contributed by atoms with Crippen LogP contribution in [0.1, 0.15) is 17.2 Å². The van der Waals surface area contributed by atoms with Gasteiger partial charge in [-0.05, 0) is 36.8 Å². The van der Waals surface area contributed by atoms with Gasteiger partial charge in [0.15, 0.2) is 0 Å². The van der Waals surface area contributed by atoms with Crippen LogP contribution in [-0.2, 0) is 0 Å². The lowest BCUT2D eigenvalue weighted by Crippen LogP contribution is -2.32. The number of aliphatic hydroxyl groups excluding tert-OH is 1. The zero-order chi connectivity index (χ0) is 18.4. The van der Waals surface area contributed by atoms with E-state index in [1.54, 1.807) is 12.1 Å². The highest BCUT2D eigenvalue weighted by atomic mass is 19.4. The normalized spacial score (nSPS) is 12.4. The minimum Gasteiger partial charge on any atom is -0.406 e. The van der Waals surface area contributed by atoms with Gasteiger partial charge in [-0.25, -0.2) is 4.79 Å². The zero-order valence-electron chi connectivity index (χ0n) is 13.3. The molecule has 0 bridgehead atoms. The quantitative estimate of drug-likeness (QED) is 0.766. The molecule has 0 heterocycles. The molecular weight excluding hydrogens is 337 g/mol. The summed E-state index contributed by atoms with van der Waals surface area (Å²) < 4.78 is 39.9. The summed E-state index contributed by atoms with van der Waals surface area (Å²) in [6, 6.07) is 11.4. The SMILES string of the molecule is Cc1ccc(C(O)CNC(=O)Nc2ccc(OC(F)(F)F)cc2)cc1. The van der Waals surface area contributed by atoms with Gasteiger partial charge in [-0.15, -0.1) is 13.2 Å². The van der Waals surface area contributed by atoms with Gasteiger partial charge in [-0.2, -0.15) is 0 Å². The van der Waals surface area contributed by atoms with E-state index in [9.17, 15) is 23.1 Å². The number of carbonyl (C=O) groups excluding carboxylic acids is 1. The Kier molecular flexibility index (Phi) is 5.87. The van der Waals surface area contributed by atoms with Crippen LogP contribution in [0.25, 0.3) is 0 Å². The summed E-state index contributed by atoms with van der Waals surface area (Å²) in [5.41, 5.74) is 2.01. The lowest BCUT2D eigenvalue weighted by molar-refractivity contribution is -0.274. The number of anilines is 1. The Balaban J connectivity index is 1.82. The molecule has 0 saturated carbocycles. The molecule has 134 valence electrons. The molecule has 2 rings (SSSR count). The maximum Gasteiger partial charge on any atom is 0.573 e. The molecule has 8 heteroatoms. The standard InChI is InChI=1S/C17H17F3N2O3/c1-11-2-4-12(5-3-11)15(23)10-21-16(24)22-13-6-8-14(9-7-13)25-17(18,19)20/h2-9,15,23H,10H2,1H3,(H2,21,22,24). The lowest BCUT2D eigenvalue weighted by atomic mass is 10.1. The van der Waals surface area contributed by atoms with Crippen LogP contribution in [0, 0.1) is 6.92 Å². The highest BCUT2D eigenvalue weighted by Crippen LogP contribution is 2.23. The Morgan fingerprint density at radius 3 is 2.28 bits per heavy atom. The Hall–Kier alpha value is -2.74. The average Bonchev–Trinajstić information content (AvgIpc) is 2.54. The van der Waals surface area contributed by atoms with E-state index < -0.39 is 18.5 Å². The molecule has 0 aliphatic rings. The van der Waals surface area contributed by atoms with Crippen molar-refractivity contribution >= 4 is 11.7 Å². The van der Waals surface area contributed by atoms with Crippen molar-refractivity contribution in [2.24, 2.45) is 0 Å². The van der Waals surface area contributed by atoms with Gasteiger partial charge < -0.3 is 20.5 Å². The Morgan fingerprint density at radius 2 is 1.72 bits per heavy atom. The molecule has 2 aromatic carbocycles. The molecule has 0 saturated heterocycles. The van der Waals surface area contributed by atoms with E-state index in [2.05, 4.69) is 15.4 Å². The fourth-order valence-electron chi connectivity index (χ4n) is 2.01. The first-order valence-electron chi connectivity index (χ1n) is 7.38. The van der Waals surface area contributed by atoms with E-state index in [1.807, 2.05) is 19.1 Å². The van der Waals surface area contributed by atoms with Crippen molar-refractivity contribution < 1.29 is 27.8 Å². The van der Waals surface area contributed by atoms with E-state index >= 15 is 0 Å². The third kappa shape index (κ3) is 6.34. The lowest BCUT2D eigenvalue weighted by Gasteiger charge is -2.13. The Labute approximate surface area is 142 Å². The van der Waals surface area contributed by atoms with Gasteiger partial charge in [0.05, 0.1) is 6.10 Å². The summed E-state index contributed by atoms with van der Waals surface area (Å²) in [6.07, 6.45) is -5.63. The third-order valence-corrected chi connectivity index (χ3v) is 3.26. The highest BCUT2D eigenvalue weighted by Gasteiger charge is 2.30. The van der Waals surface area contributed by atoms with Crippen molar-refractivity contribution in [1.82, 2.24) is 5.32 Å². The second-order valence-electron chi connectivity index (χ2n) is 5.33. The van der Waals surface area contributed by atoms with Crippen LogP contribution in [0.4, 0.5) is 23.7 Å². The minimum atomic E-state index is -4.77. The van der Waals surface area contributed by atoms with Gasteiger partial charge >= 0.3 is 12.4 Å². The first-order valence-corrected chi connectivity index (χ1v) is 7.38. The number of amides is 2. The fourth-order valence-corrected chi connectivity index (χ4v) is 2.01. The van der Waals surface area contributed by atoms with Crippen molar-refractivity contribution in [1.29, 1.82) is 0 Å². The molecule has 2 amide bonds. The third-order valence-electron chi connectivity index (χ3n) is 3.26. The first-order chi connectivity index (χ1) is 11.7. The van der Waals surface area contributed by atoms with Crippen molar-refractivity contribution in [3.63, 3.8) is 0 Å². The molecule has 1 unspecified atom stereocenters. The number of halogens is 3. The molecule has 0 fully saturated rings. The van der Waals surface area contributed by atoms with Gasteiger partial charge in [0.1, 0.15) is 5.75 Å². The van der Waals surface area contributed by atoms with Gasteiger partial charge in [-0.3, -0.25) is 0 Å². The van der Waals surface area contributed by atoms with Crippen LogP contribution in [0.2, 0.25) is 0 Å². The molecular formula is C17H17F3N2O3. The first kappa shape index (κ1) is 18.6. The van der Waals surface area contributed by atoms with Crippen LogP contribution in [0.15, 0.2) is 48.5 Å². The maximum absolute atomic E-state index is 12.1. The fraction of sp³-hybridized carbons (Fsp3) is 0.235. The van der Waals surface area contributed by atoms with Crippen LogP contribution in [-0.4, -0.2) is 24.0 Å². The van der Waals surface area contributed by atoms with Gasteiger partial charge in [-0.1, -0.05) is 29.8 Å². The summed E-state index contributed by atoms with van der Waals surface area (Å²) in [7, 11) is 0. The number of benzene rings is 2. The molecule has 0 radical (unpaired) electrons. The molecule has 0 spiro atoms. The number of urea groups is 1. The number of aliphatic hydroxyl groups is 1. The highest BCUT2D eigenvalue weighted by molar-refractivity contribution is 5.89. The van der Waals surface area contributed by atoms with Crippen LogP contribution in [0.5, 0.6) is 5.75 Å². The van der Waals surface area contributed by atoms with E-state index in [-0.39, 0.29) is 18.0 Å². The second-order valence-corrected chi connectivity index (χ2v) is 5.33. The number of hydrogen-bond donors (Lipinski definition) is 3. The van der Waals surface area contributed by atoms with Crippen molar-refractivity contribution in [2.45, 2.75) is 19.4 Å². The Bertz CT molecular complexity index is 701. The van der Waals surface area contributed by atoms with Crippen LogP contribution >= 0.6 is 0 Å². The summed E-state index contributed by atoms with van der Waals surface area (Å²) in [5.74, 6) is -0.381. The predicted molar refractivity (Wildman–Crippen MR) is 86.3 cm³/mol. The monoisotopic (exact) mass is 354 g/mol. The van der Waals surface area contributed by atoms with E-state index in [0.29, 0.717) is 5.56 Å². The van der Waals surface area contributed by atoms with E-state index in [1.165, 1.54) is 12.1 Å². The molecule has 5 nitrogen and oxygen atoms in total. The Morgan fingerprint density at radius 1 is 1.12 bits per heavy atom. The molecule has 0 aliphatic heterocycles. The molecule has 0 aliphatic carbocycles. The summed E-state index contributed by atoms with van der Waals surface area (Å²) in [5, 5.41) is 14.9. The summed E-state index contributed by atoms with van der Waals surface area (Å²) >= 11 is 0. The summed E-state index contributed by atoms with van der Waals surface area (Å²) in [4.78, 5) is 11.8. The van der Waals surface area contributed by atoms with Gasteiger partial charge in [0.2, 0.25) is 0 Å². The van der Waals surface area contributed by atoms with Crippen LogP contribution < -0.4 is 15.4 Å². The van der Waals surface area contributed by atoms with Gasteiger partial charge in [0, 0.05) is 12.2 Å². The number of rotatable bonds is 5. The number of nitrogens with one attached hydrogen (secondary N) is 2. The largest absolute Gasteiger partial charge is 0.573 e. The minimum absolute atomic E-state index is 0.00976. The predicted octanol–water partition coefficient (Wildman–Crippen LogP) is 3.75. The maximum atomic E-state index is 12.1. The zero-order valence-corrected chi connectivity index (χ0v) is 13.3. The molecule has 1 atom stereocenters. The molecule has 2 aromatic rings. The molecule has 3 N–H and O–H groups in total. The molecule has 0 aromatic heterocycles. The van der Waals surface area contributed by atoms with Crippen molar-refractivity contribution in [3.05, 3.63) is 59.7 Å². The smallest absolute Gasteiger partial charge is 0.406 e.